The number of halogens is 4. The highest BCUT2D eigenvalue weighted by molar-refractivity contribution is 7.93. The molecule has 3 rings (SSSR count). The molecule has 2 aromatic heterocycles. The SMILES string of the molecule is O=S(=O)(Nc1nccs1)c1ccc(Nc2cnn(CC(F)(F)F)c2)cc1F. The minimum Gasteiger partial charge on any atom is -0.353 e. The van der Waals surface area contributed by atoms with Gasteiger partial charge in [-0.1, -0.05) is 0 Å². The molecule has 13 heteroatoms. The van der Waals surface area contributed by atoms with E-state index in [1.165, 1.54) is 12.3 Å². The van der Waals surface area contributed by atoms with Gasteiger partial charge in [0, 0.05) is 23.5 Å². The first-order valence-corrected chi connectivity index (χ1v) is 9.57. The Morgan fingerprint density at radius 3 is 2.63 bits per heavy atom. The first kappa shape index (κ1) is 19.1. The zero-order valence-electron chi connectivity index (χ0n) is 13.2. The summed E-state index contributed by atoms with van der Waals surface area (Å²) < 4.78 is 78.5. The lowest BCUT2D eigenvalue weighted by Gasteiger charge is -2.09. The van der Waals surface area contributed by atoms with Gasteiger partial charge in [-0.15, -0.1) is 11.3 Å². The molecule has 7 nitrogen and oxygen atoms in total. The van der Waals surface area contributed by atoms with Gasteiger partial charge >= 0.3 is 6.18 Å². The van der Waals surface area contributed by atoms with Crippen molar-refractivity contribution in [1.82, 2.24) is 14.8 Å². The number of nitrogens with zero attached hydrogens (tertiary/aromatic N) is 3. The molecule has 2 heterocycles. The second-order valence-corrected chi connectivity index (χ2v) is 7.80. The van der Waals surface area contributed by atoms with Crippen molar-refractivity contribution in [2.45, 2.75) is 17.6 Å². The van der Waals surface area contributed by atoms with Gasteiger partial charge in [-0.3, -0.25) is 9.40 Å². The van der Waals surface area contributed by atoms with Gasteiger partial charge in [-0.2, -0.15) is 18.3 Å². The van der Waals surface area contributed by atoms with E-state index in [1.54, 1.807) is 5.38 Å². The lowest BCUT2D eigenvalue weighted by atomic mass is 10.3. The second-order valence-electron chi connectivity index (χ2n) is 5.25. The van der Waals surface area contributed by atoms with Gasteiger partial charge in [0.25, 0.3) is 10.0 Å². The van der Waals surface area contributed by atoms with Crippen molar-refractivity contribution in [1.29, 1.82) is 0 Å². The van der Waals surface area contributed by atoms with E-state index >= 15 is 0 Å². The molecule has 0 amide bonds. The molecule has 0 unspecified atom stereocenters. The van der Waals surface area contributed by atoms with E-state index in [4.69, 9.17) is 0 Å². The summed E-state index contributed by atoms with van der Waals surface area (Å²) in [5.74, 6) is -1.04. The number of alkyl halides is 3. The van der Waals surface area contributed by atoms with Crippen LogP contribution < -0.4 is 10.0 Å². The quantitative estimate of drug-likeness (QED) is 0.594. The molecule has 0 saturated heterocycles. The molecule has 27 heavy (non-hydrogen) atoms. The maximum Gasteiger partial charge on any atom is 0.408 e. The lowest BCUT2D eigenvalue weighted by molar-refractivity contribution is -0.142. The van der Waals surface area contributed by atoms with E-state index in [0.29, 0.717) is 4.68 Å². The Hall–Kier alpha value is -2.67. The van der Waals surface area contributed by atoms with E-state index in [1.807, 2.05) is 0 Å². The summed E-state index contributed by atoms with van der Waals surface area (Å²) in [6.07, 6.45) is -0.793. The lowest BCUT2D eigenvalue weighted by Crippen LogP contribution is -2.17. The van der Waals surface area contributed by atoms with Gasteiger partial charge in [0.15, 0.2) is 5.13 Å². The second kappa shape index (κ2) is 7.15. The molecule has 0 fully saturated rings. The van der Waals surface area contributed by atoms with Crippen LogP contribution in [0.5, 0.6) is 0 Å². The van der Waals surface area contributed by atoms with Gasteiger partial charge in [0.05, 0.1) is 11.9 Å². The monoisotopic (exact) mass is 421 g/mol. The molecule has 0 aliphatic carbocycles. The molecule has 1 aromatic carbocycles. The Balaban J connectivity index is 1.75. The smallest absolute Gasteiger partial charge is 0.353 e. The van der Waals surface area contributed by atoms with Crippen molar-refractivity contribution < 1.29 is 26.0 Å². The fraction of sp³-hybridized carbons (Fsp3) is 0.143. The van der Waals surface area contributed by atoms with Gasteiger partial charge in [-0.25, -0.2) is 17.8 Å². The number of thiazole rings is 1. The molecule has 144 valence electrons. The summed E-state index contributed by atoms with van der Waals surface area (Å²) in [4.78, 5) is 3.17. The first-order chi connectivity index (χ1) is 12.6. The number of hydrogen-bond acceptors (Lipinski definition) is 6. The average Bonchev–Trinajstić information content (AvgIpc) is 3.17. The van der Waals surface area contributed by atoms with Crippen LogP contribution in [0.2, 0.25) is 0 Å². The topological polar surface area (TPSA) is 88.9 Å². The Bertz CT molecular complexity index is 1030. The molecule has 0 atom stereocenters. The van der Waals surface area contributed by atoms with Crippen LogP contribution in [0.4, 0.5) is 34.1 Å². The minimum absolute atomic E-state index is 0.0914. The van der Waals surface area contributed by atoms with Crippen LogP contribution in [0.1, 0.15) is 0 Å². The maximum atomic E-state index is 14.3. The predicted molar refractivity (Wildman–Crippen MR) is 90.9 cm³/mol. The van der Waals surface area contributed by atoms with Gasteiger partial charge in [0.1, 0.15) is 17.3 Å². The maximum absolute atomic E-state index is 14.3. The summed E-state index contributed by atoms with van der Waals surface area (Å²) in [6.45, 7) is -1.26. The summed E-state index contributed by atoms with van der Waals surface area (Å²) in [5, 5.41) is 7.85. The summed E-state index contributed by atoms with van der Waals surface area (Å²) in [7, 11) is -4.17. The van der Waals surface area contributed by atoms with E-state index in [2.05, 4.69) is 20.1 Å². The molecule has 0 aliphatic heterocycles. The normalized spacial score (nSPS) is 12.1. The standard InChI is InChI=1S/C14H11F4N5O2S2/c15-11-5-9(21-10-6-20-23(7-10)8-14(16,17)18)1-2-12(11)27(24,25)22-13-19-3-4-26-13/h1-7,21H,8H2,(H,19,22). The molecule has 0 bridgehead atoms. The highest BCUT2D eigenvalue weighted by atomic mass is 32.2. The molecule has 3 aromatic rings. The van der Waals surface area contributed by atoms with Crippen LogP contribution in [-0.2, 0) is 16.6 Å². The molecule has 0 spiro atoms. The Labute approximate surface area is 154 Å². The third kappa shape index (κ3) is 4.95. The first-order valence-electron chi connectivity index (χ1n) is 7.20. The Morgan fingerprint density at radius 1 is 1.22 bits per heavy atom. The number of benzene rings is 1. The zero-order valence-corrected chi connectivity index (χ0v) is 14.9. The van der Waals surface area contributed by atoms with Crippen LogP contribution in [0.15, 0.2) is 47.1 Å². The molecule has 0 saturated carbocycles. The van der Waals surface area contributed by atoms with Crippen molar-refractivity contribution in [2.24, 2.45) is 0 Å². The average molecular weight is 421 g/mol. The largest absolute Gasteiger partial charge is 0.408 e. The number of nitrogens with one attached hydrogen (secondary N) is 2. The number of hydrogen-bond donors (Lipinski definition) is 2. The van der Waals surface area contributed by atoms with Crippen LogP contribution in [-0.4, -0.2) is 29.4 Å². The van der Waals surface area contributed by atoms with Crippen LogP contribution in [0.25, 0.3) is 0 Å². The zero-order chi connectivity index (χ0) is 19.7. The fourth-order valence-electron chi connectivity index (χ4n) is 2.11. The predicted octanol–water partition coefficient (Wildman–Crippen LogP) is 3.59. The van der Waals surface area contributed by atoms with E-state index in [9.17, 15) is 26.0 Å². The summed E-state index contributed by atoms with van der Waals surface area (Å²) >= 11 is 1.04. The van der Waals surface area contributed by atoms with E-state index < -0.39 is 33.5 Å². The van der Waals surface area contributed by atoms with Crippen molar-refractivity contribution in [2.75, 3.05) is 10.0 Å². The fourth-order valence-corrected chi connectivity index (χ4v) is 3.95. The molecular formula is C14H11F4N5O2S2. The minimum atomic E-state index is -4.42. The third-order valence-electron chi connectivity index (χ3n) is 3.14. The number of aromatic nitrogens is 3. The third-order valence-corrected chi connectivity index (χ3v) is 5.33. The highest BCUT2D eigenvalue weighted by Gasteiger charge is 2.28. The summed E-state index contributed by atoms with van der Waals surface area (Å²) in [6, 6.07) is 3.23. The van der Waals surface area contributed by atoms with Gasteiger partial charge < -0.3 is 5.32 Å². The van der Waals surface area contributed by atoms with Crippen molar-refractivity contribution in [3.05, 3.63) is 48.0 Å². The van der Waals surface area contributed by atoms with E-state index in [0.717, 1.165) is 35.9 Å². The Kier molecular flexibility index (Phi) is 5.06. The van der Waals surface area contributed by atoms with Crippen molar-refractivity contribution in [3.8, 4) is 0 Å². The number of rotatable bonds is 6. The van der Waals surface area contributed by atoms with Crippen molar-refractivity contribution in [3.63, 3.8) is 0 Å². The van der Waals surface area contributed by atoms with Crippen LogP contribution in [0.3, 0.4) is 0 Å². The number of anilines is 3. The molecular weight excluding hydrogens is 410 g/mol. The van der Waals surface area contributed by atoms with Gasteiger partial charge in [-0.05, 0) is 18.2 Å². The number of sulfonamides is 1. The van der Waals surface area contributed by atoms with E-state index in [-0.39, 0.29) is 16.5 Å². The summed E-state index contributed by atoms with van der Waals surface area (Å²) in [5.41, 5.74) is 0.336. The molecule has 2 N–H and O–H groups in total. The van der Waals surface area contributed by atoms with Crippen LogP contribution in [0, 0.1) is 5.82 Å². The van der Waals surface area contributed by atoms with Crippen LogP contribution >= 0.6 is 11.3 Å². The molecule has 0 aliphatic rings. The Morgan fingerprint density at radius 2 is 2.00 bits per heavy atom. The highest BCUT2D eigenvalue weighted by Crippen LogP contribution is 2.25. The van der Waals surface area contributed by atoms with Gasteiger partial charge in [0.2, 0.25) is 0 Å². The van der Waals surface area contributed by atoms with Crippen molar-refractivity contribution >= 4 is 37.9 Å². The molecule has 0 radical (unpaired) electrons.